The standard InChI is InChI=1S/C30H25Br2N/c1-2-21-30(24-17-19-25(20-18-24)33(31)32,28-15-7-11-22-9-3-5-13-26(22)28)29-16-8-12-23-10-4-6-14-27(23)29/h3-20H,2,21H2,1H3. The molecule has 0 fully saturated rings. The van der Waals surface area contributed by atoms with Gasteiger partial charge in [-0.1, -0.05) is 110 Å². The quantitative estimate of drug-likeness (QED) is 0.148. The van der Waals surface area contributed by atoms with Gasteiger partial charge in [0, 0.05) is 5.41 Å². The van der Waals surface area contributed by atoms with E-state index in [2.05, 4.69) is 148 Å². The fraction of sp³-hybridized carbons (Fsp3) is 0.133. The average Bonchev–Trinajstić information content (AvgIpc) is 2.87. The second-order valence-corrected chi connectivity index (χ2v) is 10.9. The molecule has 0 aliphatic carbocycles. The minimum atomic E-state index is -0.279. The van der Waals surface area contributed by atoms with Crippen LogP contribution >= 0.6 is 32.3 Å². The molecule has 0 radical (unpaired) electrons. The van der Waals surface area contributed by atoms with E-state index in [0.29, 0.717) is 0 Å². The predicted octanol–water partition coefficient (Wildman–Crippen LogP) is 9.55. The van der Waals surface area contributed by atoms with Crippen LogP contribution in [0.3, 0.4) is 0 Å². The lowest BCUT2D eigenvalue weighted by Gasteiger charge is -2.38. The third kappa shape index (κ3) is 3.88. The van der Waals surface area contributed by atoms with Gasteiger partial charge in [0.15, 0.2) is 0 Å². The highest BCUT2D eigenvalue weighted by Crippen LogP contribution is 2.48. The molecular formula is C30H25Br2N. The largest absolute Gasteiger partial charge is 0.243 e. The highest BCUT2D eigenvalue weighted by atomic mass is 79.9. The molecular weight excluding hydrogens is 534 g/mol. The van der Waals surface area contributed by atoms with E-state index in [1.54, 1.807) is 2.95 Å². The van der Waals surface area contributed by atoms with Crippen LogP contribution in [0.4, 0.5) is 5.69 Å². The topological polar surface area (TPSA) is 3.24 Å². The Morgan fingerprint density at radius 3 is 1.58 bits per heavy atom. The third-order valence-electron chi connectivity index (χ3n) is 6.68. The molecule has 5 rings (SSSR count). The zero-order valence-corrected chi connectivity index (χ0v) is 21.7. The molecule has 164 valence electrons. The first-order valence-electron chi connectivity index (χ1n) is 11.3. The van der Waals surface area contributed by atoms with Crippen LogP contribution in [-0.4, -0.2) is 0 Å². The fourth-order valence-corrected chi connectivity index (χ4v) is 5.77. The summed E-state index contributed by atoms with van der Waals surface area (Å²) >= 11 is 6.99. The van der Waals surface area contributed by atoms with Crippen molar-refractivity contribution in [3.8, 4) is 0 Å². The molecule has 0 N–H and O–H groups in total. The number of benzene rings is 5. The van der Waals surface area contributed by atoms with Gasteiger partial charge in [0.2, 0.25) is 0 Å². The molecule has 0 saturated heterocycles. The number of halogens is 2. The maximum absolute atomic E-state index is 3.49. The van der Waals surface area contributed by atoms with Gasteiger partial charge >= 0.3 is 0 Å². The molecule has 1 nitrogen and oxygen atoms in total. The van der Waals surface area contributed by atoms with Gasteiger partial charge < -0.3 is 0 Å². The van der Waals surface area contributed by atoms with Crippen LogP contribution in [0.2, 0.25) is 0 Å². The van der Waals surface area contributed by atoms with Gasteiger partial charge in [0.05, 0.1) is 38.0 Å². The van der Waals surface area contributed by atoms with Gasteiger partial charge in [-0.05, 0) is 56.8 Å². The smallest absolute Gasteiger partial charge is 0.0617 e. The summed E-state index contributed by atoms with van der Waals surface area (Å²) in [7, 11) is 0. The van der Waals surface area contributed by atoms with Crippen molar-refractivity contribution in [2.75, 3.05) is 2.95 Å². The van der Waals surface area contributed by atoms with Crippen LogP contribution in [-0.2, 0) is 5.41 Å². The molecule has 5 aromatic carbocycles. The first kappa shape index (κ1) is 22.2. The lowest BCUT2D eigenvalue weighted by atomic mass is 9.64. The minimum absolute atomic E-state index is 0.279. The molecule has 0 atom stereocenters. The Balaban J connectivity index is 1.91. The van der Waals surface area contributed by atoms with Crippen LogP contribution < -0.4 is 2.95 Å². The average molecular weight is 559 g/mol. The third-order valence-corrected chi connectivity index (χ3v) is 7.50. The van der Waals surface area contributed by atoms with Crippen LogP contribution in [0.15, 0.2) is 109 Å². The van der Waals surface area contributed by atoms with E-state index in [0.717, 1.165) is 18.5 Å². The molecule has 0 unspecified atom stereocenters. The lowest BCUT2D eigenvalue weighted by molar-refractivity contribution is 0.558. The Hall–Kier alpha value is -2.62. The molecule has 33 heavy (non-hydrogen) atoms. The van der Waals surface area contributed by atoms with E-state index in [4.69, 9.17) is 0 Å². The number of anilines is 1. The Bertz CT molecular complexity index is 1320. The van der Waals surface area contributed by atoms with Crippen molar-refractivity contribution < 1.29 is 0 Å². The van der Waals surface area contributed by atoms with Gasteiger partial charge in [-0.15, -0.1) is 0 Å². The second-order valence-electron chi connectivity index (χ2n) is 8.49. The number of hydrogen-bond donors (Lipinski definition) is 0. The van der Waals surface area contributed by atoms with E-state index in [9.17, 15) is 0 Å². The Labute approximate surface area is 212 Å². The first-order valence-corrected chi connectivity index (χ1v) is 12.8. The zero-order chi connectivity index (χ0) is 22.8. The van der Waals surface area contributed by atoms with Crippen molar-refractivity contribution >= 4 is 59.5 Å². The summed E-state index contributed by atoms with van der Waals surface area (Å²) in [5, 5.41) is 5.18. The van der Waals surface area contributed by atoms with Gasteiger partial charge in [-0.3, -0.25) is 0 Å². The lowest BCUT2D eigenvalue weighted by Crippen LogP contribution is -2.30. The maximum Gasteiger partial charge on any atom is 0.0617 e. The molecule has 0 heterocycles. The first-order chi connectivity index (χ1) is 16.1. The summed E-state index contributed by atoms with van der Waals surface area (Å²) in [5.41, 5.74) is 4.81. The Morgan fingerprint density at radius 2 is 1.09 bits per heavy atom. The van der Waals surface area contributed by atoms with Gasteiger partial charge in [0.1, 0.15) is 0 Å². The normalized spacial score (nSPS) is 11.7. The zero-order valence-electron chi connectivity index (χ0n) is 18.5. The van der Waals surface area contributed by atoms with Crippen LogP contribution in [0.5, 0.6) is 0 Å². The number of rotatable bonds is 6. The molecule has 0 saturated carbocycles. The van der Waals surface area contributed by atoms with Crippen LogP contribution in [0, 0.1) is 0 Å². The summed E-state index contributed by atoms with van der Waals surface area (Å²) in [5.74, 6) is 0. The summed E-state index contributed by atoms with van der Waals surface area (Å²) in [6, 6.07) is 39.9. The van der Waals surface area contributed by atoms with Crippen LogP contribution in [0.25, 0.3) is 21.5 Å². The van der Waals surface area contributed by atoms with E-state index in [1.165, 1.54) is 38.2 Å². The minimum Gasteiger partial charge on any atom is -0.243 e. The monoisotopic (exact) mass is 557 g/mol. The molecule has 0 amide bonds. The number of nitrogens with zero attached hydrogens (tertiary/aromatic N) is 1. The summed E-state index contributed by atoms with van der Waals surface area (Å²) in [6.45, 7) is 2.29. The Kier molecular flexibility index (Phi) is 6.27. The number of fused-ring (bicyclic) bond motifs is 2. The van der Waals surface area contributed by atoms with Crippen molar-refractivity contribution in [1.82, 2.24) is 0 Å². The van der Waals surface area contributed by atoms with Crippen molar-refractivity contribution in [2.45, 2.75) is 25.2 Å². The van der Waals surface area contributed by atoms with Crippen molar-refractivity contribution in [3.63, 3.8) is 0 Å². The highest BCUT2D eigenvalue weighted by molar-refractivity contribution is 9.25. The van der Waals surface area contributed by atoms with Crippen molar-refractivity contribution in [2.24, 2.45) is 0 Å². The fourth-order valence-electron chi connectivity index (χ4n) is 5.30. The van der Waals surface area contributed by atoms with Crippen LogP contribution in [0.1, 0.15) is 36.5 Å². The van der Waals surface area contributed by atoms with Gasteiger partial charge in [-0.2, -0.15) is 0 Å². The van der Waals surface area contributed by atoms with Gasteiger partial charge in [0.25, 0.3) is 0 Å². The molecule has 0 spiro atoms. The van der Waals surface area contributed by atoms with Gasteiger partial charge in [-0.25, -0.2) is 2.95 Å². The molecule has 0 aliphatic rings. The summed E-state index contributed by atoms with van der Waals surface area (Å²) in [4.78, 5) is 0. The summed E-state index contributed by atoms with van der Waals surface area (Å²) < 4.78 is 1.79. The highest BCUT2D eigenvalue weighted by Gasteiger charge is 2.38. The molecule has 0 bridgehead atoms. The molecule has 0 aromatic heterocycles. The van der Waals surface area contributed by atoms with E-state index in [1.807, 2.05) is 0 Å². The van der Waals surface area contributed by atoms with E-state index < -0.39 is 0 Å². The summed E-state index contributed by atoms with van der Waals surface area (Å²) in [6.07, 6.45) is 2.08. The molecule has 5 aromatic rings. The molecule has 3 heteroatoms. The second kappa shape index (κ2) is 9.32. The number of hydrogen-bond acceptors (Lipinski definition) is 1. The Morgan fingerprint density at radius 1 is 0.606 bits per heavy atom. The van der Waals surface area contributed by atoms with Crippen molar-refractivity contribution in [1.29, 1.82) is 0 Å². The predicted molar refractivity (Wildman–Crippen MR) is 149 cm³/mol. The molecule has 0 aliphatic heterocycles. The SMILES string of the molecule is CCCC(c1ccc(N(Br)Br)cc1)(c1cccc2ccccc12)c1cccc2ccccc12. The van der Waals surface area contributed by atoms with E-state index in [-0.39, 0.29) is 5.41 Å². The maximum atomic E-state index is 3.49. The van der Waals surface area contributed by atoms with E-state index >= 15 is 0 Å². The van der Waals surface area contributed by atoms with Crippen molar-refractivity contribution in [3.05, 3.63) is 126 Å².